The number of rotatable bonds is 4. The van der Waals surface area contributed by atoms with Crippen molar-refractivity contribution >= 4 is 0 Å². The van der Waals surface area contributed by atoms with E-state index in [1.807, 2.05) is 24.3 Å². The van der Waals surface area contributed by atoms with Gasteiger partial charge in [0.2, 0.25) is 0 Å². The van der Waals surface area contributed by atoms with Crippen LogP contribution in [0.4, 0.5) is 0 Å². The lowest BCUT2D eigenvalue weighted by Crippen LogP contribution is -1.95. The van der Waals surface area contributed by atoms with Crippen LogP contribution in [0.25, 0.3) is 5.69 Å². The highest BCUT2D eigenvalue weighted by molar-refractivity contribution is 5.38. The van der Waals surface area contributed by atoms with Gasteiger partial charge in [-0.15, -0.1) is 5.10 Å². The number of hydrogen-bond acceptors (Lipinski definition) is 4. The molecule has 5 heteroatoms. The van der Waals surface area contributed by atoms with Gasteiger partial charge in [0.15, 0.2) is 0 Å². The molecule has 2 rings (SSSR count). The zero-order valence-electron chi connectivity index (χ0n) is 9.00. The molecule has 0 radical (unpaired) electrons. The molecule has 0 atom stereocenters. The first-order valence-corrected chi connectivity index (χ1v) is 5.00. The molecule has 84 valence electrons. The van der Waals surface area contributed by atoms with Crippen LogP contribution in [0.3, 0.4) is 0 Å². The van der Waals surface area contributed by atoms with E-state index in [2.05, 4.69) is 10.3 Å². The van der Waals surface area contributed by atoms with E-state index in [0.29, 0.717) is 6.42 Å². The van der Waals surface area contributed by atoms with Crippen LogP contribution in [0, 0.1) is 0 Å². The van der Waals surface area contributed by atoms with E-state index < -0.39 is 0 Å². The van der Waals surface area contributed by atoms with E-state index in [0.717, 1.165) is 17.1 Å². The number of aliphatic hydroxyl groups is 1. The van der Waals surface area contributed by atoms with Crippen LogP contribution in [0.2, 0.25) is 0 Å². The molecule has 0 bridgehead atoms. The summed E-state index contributed by atoms with van der Waals surface area (Å²) in [6.45, 7) is 0.0802. The van der Waals surface area contributed by atoms with Crippen molar-refractivity contribution in [3.8, 4) is 11.4 Å². The highest BCUT2D eigenvalue weighted by atomic mass is 16.5. The molecule has 0 saturated carbocycles. The summed E-state index contributed by atoms with van der Waals surface area (Å²) in [5.74, 6) is 0.775. The van der Waals surface area contributed by atoms with Crippen LogP contribution in [-0.2, 0) is 6.42 Å². The first kappa shape index (κ1) is 10.6. The SMILES string of the molecule is COc1cccc(-n2cc(CCO)nn2)c1. The molecule has 0 amide bonds. The monoisotopic (exact) mass is 219 g/mol. The van der Waals surface area contributed by atoms with Crippen molar-refractivity contribution in [3.63, 3.8) is 0 Å². The Balaban J connectivity index is 2.27. The minimum absolute atomic E-state index is 0.0802. The van der Waals surface area contributed by atoms with Crippen molar-refractivity contribution in [2.75, 3.05) is 13.7 Å². The van der Waals surface area contributed by atoms with Crippen molar-refractivity contribution < 1.29 is 9.84 Å². The molecule has 0 aliphatic heterocycles. The minimum atomic E-state index is 0.0802. The van der Waals surface area contributed by atoms with Crippen LogP contribution in [0.15, 0.2) is 30.5 Å². The molecular formula is C11H13N3O2. The Kier molecular flexibility index (Phi) is 3.16. The van der Waals surface area contributed by atoms with E-state index in [1.165, 1.54) is 0 Å². The van der Waals surface area contributed by atoms with Gasteiger partial charge in [0.05, 0.1) is 24.7 Å². The quantitative estimate of drug-likeness (QED) is 0.826. The van der Waals surface area contributed by atoms with Crippen LogP contribution < -0.4 is 4.74 Å². The summed E-state index contributed by atoms with van der Waals surface area (Å²) >= 11 is 0. The van der Waals surface area contributed by atoms with Gasteiger partial charge in [-0.3, -0.25) is 0 Å². The second kappa shape index (κ2) is 4.76. The first-order valence-electron chi connectivity index (χ1n) is 5.00. The number of aromatic nitrogens is 3. The summed E-state index contributed by atoms with van der Waals surface area (Å²) in [7, 11) is 1.62. The number of ether oxygens (including phenoxy) is 1. The van der Waals surface area contributed by atoms with E-state index in [4.69, 9.17) is 9.84 Å². The van der Waals surface area contributed by atoms with Crippen LogP contribution in [0.5, 0.6) is 5.75 Å². The standard InChI is InChI=1S/C11H13N3O2/c1-16-11-4-2-3-10(7-11)14-8-9(5-6-15)12-13-14/h2-4,7-8,15H,5-6H2,1H3. The van der Waals surface area contributed by atoms with Gasteiger partial charge < -0.3 is 9.84 Å². The van der Waals surface area contributed by atoms with Gasteiger partial charge in [-0.2, -0.15) is 0 Å². The Morgan fingerprint density at radius 3 is 3.06 bits per heavy atom. The maximum absolute atomic E-state index is 8.78. The lowest BCUT2D eigenvalue weighted by molar-refractivity contribution is 0.298. The van der Waals surface area contributed by atoms with Crippen molar-refractivity contribution in [1.82, 2.24) is 15.0 Å². The second-order valence-electron chi connectivity index (χ2n) is 3.33. The molecule has 1 aromatic heterocycles. The topological polar surface area (TPSA) is 60.2 Å². The lowest BCUT2D eigenvalue weighted by Gasteiger charge is -2.02. The summed E-state index contributed by atoms with van der Waals surface area (Å²) in [6.07, 6.45) is 2.31. The van der Waals surface area contributed by atoms with Crippen molar-refractivity contribution in [1.29, 1.82) is 0 Å². The number of methoxy groups -OCH3 is 1. The van der Waals surface area contributed by atoms with Crippen molar-refractivity contribution in [2.45, 2.75) is 6.42 Å². The third-order valence-corrected chi connectivity index (χ3v) is 2.23. The Hall–Kier alpha value is -1.88. The Bertz CT molecular complexity index is 468. The second-order valence-corrected chi connectivity index (χ2v) is 3.33. The number of hydrogen-bond donors (Lipinski definition) is 1. The first-order chi connectivity index (χ1) is 7.83. The van der Waals surface area contributed by atoms with Crippen LogP contribution in [0.1, 0.15) is 5.69 Å². The predicted octanol–water partition coefficient (Wildman–Crippen LogP) is 0.811. The fourth-order valence-electron chi connectivity index (χ4n) is 1.41. The Labute approximate surface area is 93.3 Å². The van der Waals surface area contributed by atoms with Gasteiger partial charge >= 0.3 is 0 Å². The lowest BCUT2D eigenvalue weighted by atomic mass is 10.3. The summed E-state index contributed by atoms with van der Waals surface area (Å²) in [5, 5.41) is 16.7. The smallest absolute Gasteiger partial charge is 0.121 e. The van der Waals surface area contributed by atoms with Crippen molar-refractivity contribution in [2.24, 2.45) is 0 Å². The average molecular weight is 219 g/mol. The third kappa shape index (κ3) is 2.20. The average Bonchev–Trinajstić information content (AvgIpc) is 2.78. The molecule has 2 aromatic rings. The predicted molar refractivity (Wildman–Crippen MR) is 58.7 cm³/mol. The van der Waals surface area contributed by atoms with Gasteiger partial charge in [-0.1, -0.05) is 11.3 Å². The molecule has 5 nitrogen and oxygen atoms in total. The van der Waals surface area contributed by atoms with Gasteiger partial charge in [-0.25, -0.2) is 4.68 Å². The molecule has 1 aromatic carbocycles. The summed E-state index contributed by atoms with van der Waals surface area (Å²) in [4.78, 5) is 0. The molecule has 0 fully saturated rings. The van der Waals surface area contributed by atoms with Crippen molar-refractivity contribution in [3.05, 3.63) is 36.2 Å². The zero-order valence-corrected chi connectivity index (χ0v) is 9.00. The number of benzene rings is 1. The van der Waals surface area contributed by atoms with E-state index in [9.17, 15) is 0 Å². The highest BCUT2D eigenvalue weighted by Crippen LogP contribution is 2.15. The molecule has 1 N–H and O–H groups in total. The maximum atomic E-state index is 8.78. The summed E-state index contributed by atoms with van der Waals surface area (Å²) < 4.78 is 6.79. The van der Waals surface area contributed by atoms with Gasteiger partial charge in [0.25, 0.3) is 0 Å². The van der Waals surface area contributed by atoms with E-state index in [1.54, 1.807) is 18.0 Å². The van der Waals surface area contributed by atoms with Gasteiger partial charge in [-0.05, 0) is 12.1 Å². The highest BCUT2D eigenvalue weighted by Gasteiger charge is 2.03. The maximum Gasteiger partial charge on any atom is 0.121 e. The van der Waals surface area contributed by atoms with E-state index in [-0.39, 0.29) is 6.61 Å². The van der Waals surface area contributed by atoms with Gasteiger partial charge in [0, 0.05) is 19.1 Å². The minimum Gasteiger partial charge on any atom is -0.497 e. The normalized spacial score (nSPS) is 10.4. The molecule has 0 saturated heterocycles. The fraction of sp³-hybridized carbons (Fsp3) is 0.273. The van der Waals surface area contributed by atoms with E-state index >= 15 is 0 Å². The summed E-state index contributed by atoms with van der Waals surface area (Å²) in [5.41, 5.74) is 1.65. The molecule has 0 aliphatic carbocycles. The zero-order chi connectivity index (χ0) is 11.4. The Morgan fingerprint density at radius 1 is 1.44 bits per heavy atom. The molecule has 0 spiro atoms. The molecule has 16 heavy (non-hydrogen) atoms. The van der Waals surface area contributed by atoms with Gasteiger partial charge in [0.1, 0.15) is 5.75 Å². The fourth-order valence-corrected chi connectivity index (χ4v) is 1.41. The van der Waals surface area contributed by atoms with Crippen LogP contribution >= 0.6 is 0 Å². The molecule has 0 aliphatic rings. The largest absolute Gasteiger partial charge is 0.497 e. The Morgan fingerprint density at radius 2 is 2.31 bits per heavy atom. The molecule has 1 heterocycles. The number of nitrogens with zero attached hydrogens (tertiary/aromatic N) is 3. The van der Waals surface area contributed by atoms with Crippen LogP contribution in [-0.4, -0.2) is 33.8 Å². The molecule has 0 unspecified atom stereocenters. The summed E-state index contributed by atoms with van der Waals surface area (Å²) in [6, 6.07) is 7.55. The molecular weight excluding hydrogens is 206 g/mol. The third-order valence-electron chi connectivity index (χ3n) is 2.23. The number of aliphatic hydroxyl groups excluding tert-OH is 1.